The van der Waals surface area contributed by atoms with E-state index in [2.05, 4.69) is 4.72 Å². The van der Waals surface area contributed by atoms with Crippen LogP contribution in [0, 0.1) is 6.92 Å². The van der Waals surface area contributed by atoms with Crippen LogP contribution in [0.5, 0.6) is 5.75 Å². The molecular formula is C19H25NO4S. The highest BCUT2D eigenvalue weighted by atomic mass is 32.2. The third-order valence-corrected chi connectivity index (χ3v) is 5.89. The van der Waals surface area contributed by atoms with Crippen LogP contribution in [0.25, 0.3) is 0 Å². The van der Waals surface area contributed by atoms with Crippen LogP contribution in [0.1, 0.15) is 24.5 Å². The third-order valence-electron chi connectivity index (χ3n) is 4.49. The summed E-state index contributed by atoms with van der Waals surface area (Å²) in [7, 11) is -0.497. The Kier molecular flexibility index (Phi) is 6.21. The van der Waals surface area contributed by atoms with E-state index >= 15 is 0 Å². The molecule has 1 N–H and O–H groups in total. The average molecular weight is 363 g/mol. The summed E-state index contributed by atoms with van der Waals surface area (Å²) in [5, 5.41) is 0. The quantitative estimate of drug-likeness (QED) is 0.782. The molecule has 0 spiro atoms. The van der Waals surface area contributed by atoms with Gasteiger partial charge in [-0.05, 0) is 42.7 Å². The van der Waals surface area contributed by atoms with E-state index in [1.165, 1.54) is 6.07 Å². The lowest BCUT2D eigenvalue weighted by atomic mass is 9.91. The van der Waals surface area contributed by atoms with Crippen LogP contribution < -0.4 is 9.46 Å². The maximum absolute atomic E-state index is 12.7. The van der Waals surface area contributed by atoms with Gasteiger partial charge < -0.3 is 9.47 Å². The molecule has 6 heteroatoms. The molecule has 0 amide bonds. The van der Waals surface area contributed by atoms with Crippen molar-refractivity contribution in [3.05, 3.63) is 59.7 Å². The van der Waals surface area contributed by atoms with E-state index in [0.29, 0.717) is 12.2 Å². The van der Waals surface area contributed by atoms with Gasteiger partial charge in [0.25, 0.3) is 0 Å². The van der Waals surface area contributed by atoms with E-state index in [-0.39, 0.29) is 11.4 Å². The van der Waals surface area contributed by atoms with Gasteiger partial charge in [0.15, 0.2) is 0 Å². The van der Waals surface area contributed by atoms with Gasteiger partial charge in [-0.15, -0.1) is 0 Å². The van der Waals surface area contributed by atoms with Crippen molar-refractivity contribution in [3.8, 4) is 5.75 Å². The zero-order valence-corrected chi connectivity index (χ0v) is 15.9. The van der Waals surface area contributed by atoms with E-state index in [1.54, 1.807) is 26.4 Å². The normalized spacial score (nSPS) is 14.1. The summed E-state index contributed by atoms with van der Waals surface area (Å²) in [5.41, 5.74) is 0.992. The van der Waals surface area contributed by atoms with Crippen LogP contribution in [0.15, 0.2) is 53.4 Å². The van der Waals surface area contributed by atoms with Gasteiger partial charge in [0.1, 0.15) is 11.4 Å². The molecular weight excluding hydrogens is 338 g/mol. The lowest BCUT2D eigenvalue weighted by Crippen LogP contribution is -2.41. The predicted molar refractivity (Wildman–Crippen MR) is 98.3 cm³/mol. The molecule has 0 saturated heterocycles. The fourth-order valence-corrected chi connectivity index (χ4v) is 3.99. The van der Waals surface area contributed by atoms with E-state index in [9.17, 15) is 8.42 Å². The molecule has 2 rings (SSSR count). The Morgan fingerprint density at radius 3 is 2.28 bits per heavy atom. The summed E-state index contributed by atoms with van der Waals surface area (Å²) in [6.07, 6.45) is 0.637. The number of ether oxygens (including phenoxy) is 2. The molecule has 0 heterocycles. The molecule has 0 aliphatic carbocycles. The minimum absolute atomic E-state index is 0.150. The monoisotopic (exact) mass is 363 g/mol. The Labute approximate surface area is 150 Å². The van der Waals surface area contributed by atoms with Crippen LogP contribution in [0.2, 0.25) is 0 Å². The van der Waals surface area contributed by atoms with Gasteiger partial charge in [0.2, 0.25) is 10.0 Å². The summed E-state index contributed by atoms with van der Waals surface area (Å²) in [5.74, 6) is 0.656. The molecule has 0 aliphatic rings. The largest absolute Gasteiger partial charge is 0.496 e. The molecule has 0 aliphatic heterocycles. The van der Waals surface area contributed by atoms with Crippen molar-refractivity contribution in [1.82, 2.24) is 4.72 Å². The van der Waals surface area contributed by atoms with E-state index < -0.39 is 15.6 Å². The number of hydrogen-bond donors (Lipinski definition) is 1. The molecule has 0 fully saturated rings. The van der Waals surface area contributed by atoms with Crippen molar-refractivity contribution in [2.75, 3.05) is 20.8 Å². The Morgan fingerprint density at radius 1 is 1.08 bits per heavy atom. The number of rotatable bonds is 8. The first-order valence-electron chi connectivity index (χ1n) is 8.13. The Hall–Kier alpha value is -1.89. The Morgan fingerprint density at radius 2 is 1.76 bits per heavy atom. The highest BCUT2D eigenvalue weighted by Gasteiger charge is 2.32. The summed E-state index contributed by atoms with van der Waals surface area (Å²) in [6.45, 7) is 3.94. The van der Waals surface area contributed by atoms with Crippen molar-refractivity contribution >= 4 is 10.0 Å². The highest BCUT2D eigenvalue weighted by Crippen LogP contribution is 2.29. The van der Waals surface area contributed by atoms with Crippen LogP contribution >= 0.6 is 0 Å². The van der Waals surface area contributed by atoms with Crippen LogP contribution in [0.4, 0.5) is 0 Å². The predicted octanol–water partition coefficient (Wildman–Crippen LogP) is 3.23. The highest BCUT2D eigenvalue weighted by molar-refractivity contribution is 7.89. The van der Waals surface area contributed by atoms with Gasteiger partial charge in [-0.1, -0.05) is 37.3 Å². The maximum Gasteiger partial charge on any atom is 0.240 e. The van der Waals surface area contributed by atoms with Crippen molar-refractivity contribution in [2.45, 2.75) is 30.8 Å². The lowest BCUT2D eigenvalue weighted by molar-refractivity contribution is -0.0133. The van der Waals surface area contributed by atoms with Gasteiger partial charge in [-0.3, -0.25) is 0 Å². The summed E-state index contributed by atoms with van der Waals surface area (Å²) >= 11 is 0. The van der Waals surface area contributed by atoms with Gasteiger partial charge in [-0.2, -0.15) is 0 Å². The first-order valence-corrected chi connectivity index (χ1v) is 9.62. The van der Waals surface area contributed by atoms with Crippen LogP contribution in [-0.4, -0.2) is 29.2 Å². The Bertz CT molecular complexity index is 799. The molecule has 0 saturated carbocycles. The van der Waals surface area contributed by atoms with Crippen LogP contribution in [-0.2, 0) is 20.4 Å². The summed E-state index contributed by atoms with van der Waals surface area (Å²) < 4.78 is 39.0. The second kappa shape index (κ2) is 7.99. The number of benzene rings is 2. The van der Waals surface area contributed by atoms with Gasteiger partial charge in [0, 0.05) is 13.7 Å². The van der Waals surface area contributed by atoms with Gasteiger partial charge in [-0.25, -0.2) is 13.1 Å². The Balaban J connectivity index is 2.26. The number of aryl methyl sites for hydroxylation is 1. The smallest absolute Gasteiger partial charge is 0.240 e. The molecule has 25 heavy (non-hydrogen) atoms. The van der Waals surface area contributed by atoms with E-state index in [4.69, 9.17) is 9.47 Å². The fraction of sp³-hybridized carbons (Fsp3) is 0.368. The minimum atomic E-state index is -3.65. The van der Waals surface area contributed by atoms with E-state index in [0.717, 1.165) is 11.1 Å². The number of nitrogens with one attached hydrogen (secondary N) is 1. The van der Waals surface area contributed by atoms with Crippen molar-refractivity contribution in [2.24, 2.45) is 0 Å². The molecule has 5 nitrogen and oxygen atoms in total. The maximum atomic E-state index is 12.7. The second-order valence-corrected chi connectivity index (χ2v) is 7.64. The molecule has 0 aromatic heterocycles. The second-order valence-electron chi connectivity index (χ2n) is 5.87. The molecule has 2 aromatic rings. The van der Waals surface area contributed by atoms with E-state index in [1.807, 2.05) is 44.2 Å². The standard InChI is InChI=1S/C19H25NO4S/c1-5-19(24-4,16-9-7-6-8-10-16)14-20-25(21,22)17-11-12-18(23-3)15(2)13-17/h6-13,20H,5,14H2,1-4H3. The number of sulfonamides is 1. The zero-order chi connectivity index (χ0) is 18.5. The molecule has 0 bridgehead atoms. The molecule has 2 aromatic carbocycles. The molecule has 1 atom stereocenters. The first kappa shape index (κ1) is 19.4. The molecule has 1 unspecified atom stereocenters. The van der Waals surface area contributed by atoms with Crippen LogP contribution in [0.3, 0.4) is 0 Å². The molecule has 0 radical (unpaired) electrons. The first-order chi connectivity index (χ1) is 11.9. The van der Waals surface area contributed by atoms with Crippen molar-refractivity contribution < 1.29 is 17.9 Å². The number of hydrogen-bond acceptors (Lipinski definition) is 4. The average Bonchev–Trinajstić information content (AvgIpc) is 2.64. The zero-order valence-electron chi connectivity index (χ0n) is 15.1. The summed E-state index contributed by atoms with van der Waals surface area (Å²) in [4.78, 5) is 0.208. The minimum Gasteiger partial charge on any atom is -0.496 e. The SMILES string of the molecule is CCC(CNS(=O)(=O)c1ccc(OC)c(C)c1)(OC)c1ccccc1. The van der Waals surface area contributed by atoms with Gasteiger partial charge >= 0.3 is 0 Å². The fourth-order valence-electron chi connectivity index (χ4n) is 2.82. The topological polar surface area (TPSA) is 64.6 Å². The molecule has 136 valence electrons. The lowest BCUT2D eigenvalue weighted by Gasteiger charge is -2.32. The van der Waals surface area contributed by atoms with Gasteiger partial charge in [0.05, 0.1) is 12.0 Å². The van der Waals surface area contributed by atoms with Crippen molar-refractivity contribution in [1.29, 1.82) is 0 Å². The van der Waals surface area contributed by atoms with Crippen molar-refractivity contribution in [3.63, 3.8) is 0 Å². The summed E-state index contributed by atoms with van der Waals surface area (Å²) in [6, 6.07) is 14.4. The number of methoxy groups -OCH3 is 2. The third kappa shape index (κ3) is 4.21.